The highest BCUT2D eigenvalue weighted by molar-refractivity contribution is 5.90. The van der Waals surface area contributed by atoms with Crippen molar-refractivity contribution in [2.45, 2.75) is 76.5 Å². The second kappa shape index (κ2) is 12.0. The molecule has 8 heteroatoms. The molecule has 0 N–H and O–H groups in total. The minimum absolute atomic E-state index is 0.129. The zero-order valence-corrected chi connectivity index (χ0v) is 21.0. The molecule has 0 bridgehead atoms. The van der Waals surface area contributed by atoms with Gasteiger partial charge in [-0.15, -0.1) is 0 Å². The molecule has 2 heterocycles. The summed E-state index contributed by atoms with van der Waals surface area (Å²) in [5, 5.41) is 0. The number of carbonyl (C=O) groups excluding carboxylic acids is 2. The molecule has 2 saturated heterocycles. The van der Waals surface area contributed by atoms with Crippen LogP contribution in [0.25, 0.3) is 0 Å². The van der Waals surface area contributed by atoms with Crippen LogP contribution in [0.5, 0.6) is 0 Å². The summed E-state index contributed by atoms with van der Waals surface area (Å²) in [7, 11) is 0. The van der Waals surface area contributed by atoms with Gasteiger partial charge in [-0.25, -0.2) is 9.59 Å². The first-order chi connectivity index (χ1) is 17.4. The van der Waals surface area contributed by atoms with Gasteiger partial charge < -0.3 is 28.4 Å². The Hall–Kier alpha value is -2.78. The molecule has 0 aliphatic carbocycles. The van der Waals surface area contributed by atoms with E-state index in [-0.39, 0.29) is 13.0 Å². The Balaban J connectivity index is 1.47. The average Bonchev–Trinajstić information content (AvgIpc) is 3.34. The molecule has 194 valence electrons. The number of benzene rings is 2. The first-order valence-electron chi connectivity index (χ1n) is 12.5. The summed E-state index contributed by atoms with van der Waals surface area (Å²) >= 11 is 0. The third-order valence-electron chi connectivity index (χ3n) is 6.08. The predicted octanol–water partition coefficient (Wildman–Crippen LogP) is 4.52. The Labute approximate surface area is 211 Å². The van der Waals surface area contributed by atoms with Gasteiger partial charge in [0.15, 0.2) is 12.1 Å². The van der Waals surface area contributed by atoms with E-state index in [4.69, 9.17) is 28.4 Å². The predicted molar refractivity (Wildman–Crippen MR) is 130 cm³/mol. The van der Waals surface area contributed by atoms with Gasteiger partial charge in [0.25, 0.3) is 0 Å². The van der Waals surface area contributed by atoms with Crippen LogP contribution in [-0.2, 0) is 28.4 Å². The van der Waals surface area contributed by atoms with Gasteiger partial charge in [-0.1, -0.05) is 49.7 Å². The molecule has 2 aliphatic heterocycles. The zero-order chi connectivity index (χ0) is 25.5. The van der Waals surface area contributed by atoms with Crippen LogP contribution in [0.4, 0.5) is 0 Å². The van der Waals surface area contributed by atoms with E-state index in [1.54, 1.807) is 48.5 Å². The number of unbranched alkanes of at least 4 members (excludes halogenated alkanes) is 1. The maximum atomic E-state index is 12.8. The van der Waals surface area contributed by atoms with Gasteiger partial charge in [-0.2, -0.15) is 0 Å². The lowest BCUT2D eigenvalue weighted by Gasteiger charge is -2.28. The third-order valence-corrected chi connectivity index (χ3v) is 6.08. The molecular weight excluding hydrogens is 464 g/mol. The molecule has 0 saturated carbocycles. The summed E-state index contributed by atoms with van der Waals surface area (Å²) in [4.78, 5) is 25.4. The van der Waals surface area contributed by atoms with Crippen molar-refractivity contribution in [2.24, 2.45) is 0 Å². The van der Waals surface area contributed by atoms with Crippen molar-refractivity contribution in [1.29, 1.82) is 0 Å². The van der Waals surface area contributed by atoms with E-state index in [0.29, 0.717) is 17.7 Å². The fraction of sp³-hybridized carbons (Fsp3) is 0.500. The number of esters is 2. The Kier molecular flexibility index (Phi) is 8.74. The van der Waals surface area contributed by atoms with E-state index >= 15 is 0 Å². The minimum Gasteiger partial charge on any atom is -0.458 e. The fourth-order valence-electron chi connectivity index (χ4n) is 4.33. The maximum absolute atomic E-state index is 12.8. The number of fused-ring (bicyclic) bond motifs is 1. The summed E-state index contributed by atoms with van der Waals surface area (Å²) < 4.78 is 35.6. The quantitative estimate of drug-likeness (QED) is 0.330. The molecule has 8 nitrogen and oxygen atoms in total. The van der Waals surface area contributed by atoms with Gasteiger partial charge in [0.05, 0.1) is 17.2 Å². The monoisotopic (exact) mass is 498 g/mol. The zero-order valence-electron chi connectivity index (χ0n) is 21.0. The molecule has 2 fully saturated rings. The van der Waals surface area contributed by atoms with Crippen molar-refractivity contribution in [2.75, 3.05) is 13.2 Å². The molecule has 4 unspecified atom stereocenters. The van der Waals surface area contributed by atoms with E-state index in [1.165, 1.54) is 0 Å². The van der Waals surface area contributed by atoms with E-state index in [9.17, 15) is 9.59 Å². The van der Waals surface area contributed by atoms with Crippen molar-refractivity contribution in [3.8, 4) is 0 Å². The van der Waals surface area contributed by atoms with Crippen molar-refractivity contribution in [3.63, 3.8) is 0 Å². The van der Waals surface area contributed by atoms with Gasteiger partial charge >= 0.3 is 11.9 Å². The van der Waals surface area contributed by atoms with Crippen molar-refractivity contribution < 1.29 is 38.0 Å². The van der Waals surface area contributed by atoms with E-state index < -0.39 is 48.4 Å². The third kappa shape index (κ3) is 6.70. The van der Waals surface area contributed by atoms with Crippen LogP contribution in [-0.4, -0.2) is 61.6 Å². The number of ether oxygens (including phenoxy) is 6. The Morgan fingerprint density at radius 3 is 2.22 bits per heavy atom. The van der Waals surface area contributed by atoms with Crippen molar-refractivity contribution in [3.05, 3.63) is 71.8 Å². The highest BCUT2D eigenvalue weighted by atomic mass is 16.8. The van der Waals surface area contributed by atoms with Crippen LogP contribution in [0.3, 0.4) is 0 Å². The second-order valence-electron chi connectivity index (χ2n) is 9.43. The molecule has 2 aromatic carbocycles. The van der Waals surface area contributed by atoms with Crippen molar-refractivity contribution in [1.82, 2.24) is 0 Å². The van der Waals surface area contributed by atoms with Crippen LogP contribution in [0.15, 0.2) is 60.7 Å². The van der Waals surface area contributed by atoms with E-state index in [0.717, 1.165) is 12.8 Å². The molecular formula is C28H34O8. The minimum atomic E-state index is -0.781. The van der Waals surface area contributed by atoms with Crippen LogP contribution in [0, 0.1) is 0 Å². The van der Waals surface area contributed by atoms with Gasteiger partial charge in [0.2, 0.25) is 0 Å². The fourth-order valence-corrected chi connectivity index (χ4v) is 4.33. The van der Waals surface area contributed by atoms with Crippen LogP contribution >= 0.6 is 0 Å². The standard InChI is InChI=1S/C28H34O8/c1-4-5-16-31-23-22(34-27-24(23)35-28(2,3)36-27)17-21(33-26(30)20-14-10-7-11-15-20)18-32-25(29)19-12-8-6-9-13-19/h6-15,21-24,27H,4-5,16-18H2,1-3H3/t21?,22?,23-,24?,27?/m0/s1. The summed E-state index contributed by atoms with van der Waals surface area (Å²) in [6.07, 6.45) is -0.512. The van der Waals surface area contributed by atoms with Crippen molar-refractivity contribution >= 4 is 11.9 Å². The number of carbonyl (C=O) groups is 2. The summed E-state index contributed by atoms with van der Waals surface area (Å²) in [6.45, 7) is 6.18. The lowest BCUT2D eigenvalue weighted by atomic mass is 10.0. The first kappa shape index (κ1) is 26.3. The van der Waals surface area contributed by atoms with Crippen LogP contribution in [0.1, 0.15) is 60.7 Å². The molecule has 4 rings (SSSR count). The lowest BCUT2D eigenvalue weighted by molar-refractivity contribution is -0.221. The summed E-state index contributed by atoms with van der Waals surface area (Å²) in [5.74, 6) is -1.78. The van der Waals surface area contributed by atoms with Gasteiger partial charge in [0.1, 0.15) is 24.9 Å². The second-order valence-corrected chi connectivity index (χ2v) is 9.43. The highest BCUT2D eigenvalue weighted by Crippen LogP contribution is 2.40. The van der Waals surface area contributed by atoms with Gasteiger partial charge in [-0.05, 0) is 44.5 Å². The SMILES string of the molecule is CCCCO[C@H]1C(CC(COC(=O)c2ccccc2)OC(=O)c2ccccc2)OC2OC(C)(C)OC21. The molecule has 36 heavy (non-hydrogen) atoms. The first-order valence-corrected chi connectivity index (χ1v) is 12.5. The maximum Gasteiger partial charge on any atom is 0.338 e. The summed E-state index contributed by atoms with van der Waals surface area (Å²) in [6, 6.07) is 17.4. The van der Waals surface area contributed by atoms with Gasteiger partial charge in [-0.3, -0.25) is 0 Å². The smallest absolute Gasteiger partial charge is 0.338 e. The Morgan fingerprint density at radius 2 is 1.58 bits per heavy atom. The van der Waals surface area contributed by atoms with Crippen LogP contribution < -0.4 is 0 Å². The largest absolute Gasteiger partial charge is 0.458 e. The molecule has 0 spiro atoms. The number of hydrogen-bond donors (Lipinski definition) is 0. The van der Waals surface area contributed by atoms with Gasteiger partial charge in [0, 0.05) is 13.0 Å². The normalized spacial score (nSPS) is 25.2. The Bertz CT molecular complexity index is 993. The molecule has 0 aromatic heterocycles. The molecule has 2 aromatic rings. The molecule has 5 atom stereocenters. The van der Waals surface area contributed by atoms with E-state index in [1.807, 2.05) is 26.0 Å². The molecule has 0 radical (unpaired) electrons. The van der Waals surface area contributed by atoms with E-state index in [2.05, 4.69) is 6.92 Å². The van der Waals surface area contributed by atoms with Crippen LogP contribution in [0.2, 0.25) is 0 Å². The highest BCUT2D eigenvalue weighted by Gasteiger charge is 2.55. The molecule has 2 aliphatic rings. The number of rotatable bonds is 11. The molecule has 0 amide bonds. The number of hydrogen-bond acceptors (Lipinski definition) is 8. The summed E-state index contributed by atoms with van der Waals surface area (Å²) in [5.41, 5.74) is 0.826. The Morgan fingerprint density at radius 1 is 0.944 bits per heavy atom. The lowest BCUT2D eigenvalue weighted by Crippen LogP contribution is -2.40. The average molecular weight is 499 g/mol. The topological polar surface area (TPSA) is 89.5 Å².